The highest BCUT2D eigenvalue weighted by Crippen LogP contribution is 2.50. The van der Waals surface area contributed by atoms with Crippen molar-refractivity contribution in [3.63, 3.8) is 0 Å². The maximum Gasteiger partial charge on any atom is 0.226 e. The Hall–Kier alpha value is -3.59. The highest BCUT2D eigenvalue weighted by molar-refractivity contribution is 6.00. The number of imidazole rings is 1. The molecule has 6 heteroatoms. The van der Waals surface area contributed by atoms with Gasteiger partial charge in [-0.2, -0.15) is 0 Å². The quantitative estimate of drug-likeness (QED) is 0.586. The molecule has 3 atom stereocenters. The van der Waals surface area contributed by atoms with Gasteiger partial charge in [0.25, 0.3) is 0 Å². The molecule has 2 aromatic heterocycles. The van der Waals surface area contributed by atoms with Crippen molar-refractivity contribution in [2.75, 3.05) is 0 Å². The lowest BCUT2D eigenvalue weighted by Gasteiger charge is -2.44. The molecule has 0 aliphatic heterocycles. The molecule has 0 spiro atoms. The van der Waals surface area contributed by atoms with E-state index in [1.807, 2.05) is 38.4 Å². The summed E-state index contributed by atoms with van der Waals surface area (Å²) in [6.07, 6.45) is 8.78. The molecule has 0 unspecified atom stereocenters. The molecular formula is C25H23N5O. The van der Waals surface area contributed by atoms with Crippen LogP contribution in [0.1, 0.15) is 37.5 Å². The van der Waals surface area contributed by atoms with Crippen LogP contribution in [0.5, 0.6) is 0 Å². The topological polar surface area (TPSA) is 65.0 Å². The molecule has 0 bridgehead atoms. The van der Waals surface area contributed by atoms with Gasteiger partial charge in [-0.05, 0) is 43.4 Å². The molecule has 0 saturated carbocycles. The third-order valence-electron chi connectivity index (χ3n) is 6.94. The standard InChI is InChI=1S/C25H23N5O/c1-15-20-8-9-22-24(25(20,3)11-21(26-4)23(15)31)29-16(2)30(22)19-7-5-6-17(10-19)18-12-27-14-28-13-18/h5-7,10-15,20H,8-9H2,1-3H3/t15-,20-,25-/m0/s1. The van der Waals surface area contributed by atoms with E-state index in [1.165, 1.54) is 12.0 Å². The maximum absolute atomic E-state index is 12.6. The average molecular weight is 409 g/mol. The summed E-state index contributed by atoms with van der Waals surface area (Å²) in [6.45, 7) is 13.6. The first-order chi connectivity index (χ1) is 14.9. The first-order valence-corrected chi connectivity index (χ1v) is 10.5. The van der Waals surface area contributed by atoms with Crippen molar-refractivity contribution in [1.29, 1.82) is 0 Å². The molecule has 3 aromatic rings. The molecule has 2 aliphatic carbocycles. The van der Waals surface area contributed by atoms with Crippen LogP contribution >= 0.6 is 0 Å². The van der Waals surface area contributed by atoms with Crippen molar-refractivity contribution in [2.45, 2.75) is 39.0 Å². The van der Waals surface area contributed by atoms with Crippen LogP contribution in [-0.2, 0) is 16.6 Å². The van der Waals surface area contributed by atoms with Gasteiger partial charge in [-0.1, -0.05) is 32.1 Å². The molecule has 2 aliphatic rings. The van der Waals surface area contributed by atoms with E-state index in [2.05, 4.69) is 44.5 Å². The fraction of sp³-hybridized carbons (Fsp3) is 0.320. The number of carbonyl (C=O) groups is 1. The molecule has 0 radical (unpaired) electrons. The van der Waals surface area contributed by atoms with Crippen molar-refractivity contribution in [3.05, 3.63) is 83.4 Å². The van der Waals surface area contributed by atoms with Crippen molar-refractivity contribution in [1.82, 2.24) is 19.5 Å². The largest absolute Gasteiger partial charge is 0.308 e. The fourth-order valence-electron chi connectivity index (χ4n) is 5.43. The number of aryl methyl sites for hydroxylation is 1. The van der Waals surface area contributed by atoms with E-state index in [-0.39, 0.29) is 23.3 Å². The van der Waals surface area contributed by atoms with Gasteiger partial charge in [-0.3, -0.25) is 0 Å². The Bertz CT molecular complexity index is 1270. The predicted octanol–water partition coefficient (Wildman–Crippen LogP) is 4.48. The second-order valence-corrected chi connectivity index (χ2v) is 8.69. The van der Waals surface area contributed by atoms with E-state index in [0.29, 0.717) is 0 Å². The highest BCUT2D eigenvalue weighted by atomic mass is 16.1. The van der Waals surface area contributed by atoms with Crippen molar-refractivity contribution < 1.29 is 4.79 Å². The normalized spacial score (nSPS) is 24.7. The van der Waals surface area contributed by atoms with Gasteiger partial charge in [0, 0.05) is 40.7 Å². The van der Waals surface area contributed by atoms with Gasteiger partial charge >= 0.3 is 0 Å². The van der Waals surface area contributed by atoms with Crippen molar-refractivity contribution >= 4 is 5.78 Å². The zero-order chi connectivity index (χ0) is 21.8. The van der Waals surface area contributed by atoms with Gasteiger partial charge in [0.15, 0.2) is 5.78 Å². The first-order valence-electron chi connectivity index (χ1n) is 10.5. The number of allylic oxidation sites excluding steroid dienone is 2. The van der Waals surface area contributed by atoms with Gasteiger partial charge in [0.2, 0.25) is 5.70 Å². The molecule has 1 aromatic carbocycles. The van der Waals surface area contributed by atoms with Crippen LogP contribution in [-0.4, -0.2) is 25.3 Å². The van der Waals surface area contributed by atoms with Gasteiger partial charge in [-0.25, -0.2) is 19.8 Å². The molecule has 31 heavy (non-hydrogen) atoms. The Kier molecular flexibility index (Phi) is 4.37. The average Bonchev–Trinajstić information content (AvgIpc) is 3.14. The minimum atomic E-state index is -0.415. The van der Waals surface area contributed by atoms with E-state index in [4.69, 9.17) is 11.6 Å². The van der Waals surface area contributed by atoms with Crippen LogP contribution in [0.25, 0.3) is 21.7 Å². The van der Waals surface area contributed by atoms with Gasteiger partial charge in [0.05, 0.1) is 12.3 Å². The summed E-state index contributed by atoms with van der Waals surface area (Å²) in [5, 5.41) is 0. The maximum atomic E-state index is 12.6. The molecule has 0 saturated heterocycles. The first kappa shape index (κ1) is 19.4. The van der Waals surface area contributed by atoms with Gasteiger partial charge in [-0.15, -0.1) is 0 Å². The van der Waals surface area contributed by atoms with E-state index in [1.54, 1.807) is 0 Å². The summed E-state index contributed by atoms with van der Waals surface area (Å²) in [5.74, 6) is 0.873. The second kappa shape index (κ2) is 6.98. The minimum Gasteiger partial charge on any atom is -0.308 e. The molecule has 2 heterocycles. The summed E-state index contributed by atoms with van der Waals surface area (Å²) >= 11 is 0. The van der Waals surface area contributed by atoms with Gasteiger partial charge < -0.3 is 9.36 Å². The predicted molar refractivity (Wildman–Crippen MR) is 117 cm³/mol. The number of carbonyl (C=O) groups excluding carboxylic acids is 1. The lowest BCUT2D eigenvalue weighted by atomic mass is 9.59. The van der Waals surface area contributed by atoms with E-state index >= 15 is 0 Å². The second-order valence-electron chi connectivity index (χ2n) is 8.69. The summed E-state index contributed by atoms with van der Waals surface area (Å²) in [7, 11) is 0. The number of rotatable bonds is 2. The monoisotopic (exact) mass is 409 g/mol. The Balaban J connectivity index is 1.66. The number of hydrogen-bond acceptors (Lipinski definition) is 4. The van der Waals surface area contributed by atoms with Gasteiger partial charge in [0.1, 0.15) is 12.2 Å². The van der Waals surface area contributed by atoms with Crippen LogP contribution in [0.2, 0.25) is 0 Å². The van der Waals surface area contributed by atoms with Crippen LogP contribution < -0.4 is 0 Å². The van der Waals surface area contributed by atoms with E-state index in [9.17, 15) is 4.79 Å². The Morgan fingerprint density at radius 2 is 2.00 bits per heavy atom. The number of aromatic nitrogens is 4. The molecule has 154 valence electrons. The van der Waals surface area contributed by atoms with Crippen LogP contribution in [0.15, 0.2) is 54.8 Å². The number of benzene rings is 1. The van der Waals surface area contributed by atoms with Crippen LogP contribution in [0.3, 0.4) is 0 Å². The molecule has 6 nitrogen and oxygen atoms in total. The number of hydrogen-bond donors (Lipinski definition) is 0. The number of ketones is 1. The summed E-state index contributed by atoms with van der Waals surface area (Å²) < 4.78 is 2.22. The zero-order valence-electron chi connectivity index (χ0n) is 17.8. The Labute approximate surface area is 181 Å². The zero-order valence-corrected chi connectivity index (χ0v) is 17.8. The lowest BCUT2D eigenvalue weighted by molar-refractivity contribution is -0.121. The van der Waals surface area contributed by atoms with Crippen LogP contribution in [0, 0.1) is 25.3 Å². The van der Waals surface area contributed by atoms with E-state index < -0.39 is 5.41 Å². The Morgan fingerprint density at radius 1 is 1.23 bits per heavy atom. The van der Waals surface area contributed by atoms with Crippen molar-refractivity contribution in [2.24, 2.45) is 11.8 Å². The highest BCUT2D eigenvalue weighted by Gasteiger charge is 2.49. The summed E-state index contributed by atoms with van der Waals surface area (Å²) in [5.41, 5.74) is 5.05. The minimum absolute atomic E-state index is 0.0325. The molecular weight excluding hydrogens is 386 g/mol. The third-order valence-corrected chi connectivity index (χ3v) is 6.94. The summed E-state index contributed by atoms with van der Waals surface area (Å²) in [6, 6.07) is 8.31. The number of fused-ring (bicyclic) bond motifs is 3. The molecule has 0 fully saturated rings. The molecule has 0 N–H and O–H groups in total. The molecule has 0 amide bonds. The smallest absolute Gasteiger partial charge is 0.226 e. The van der Waals surface area contributed by atoms with E-state index in [0.717, 1.165) is 41.2 Å². The number of Topliss-reactive ketones (excluding diaryl/α,β-unsaturated/α-hetero) is 1. The SMILES string of the molecule is [C-]#[N+]C1=C[C@]2(C)c3nc(C)n(-c4cccc(-c5cncnc5)c4)c3CC[C@H]2[C@H](C)C1=O. The third kappa shape index (κ3) is 2.84. The number of nitrogens with zero attached hydrogens (tertiary/aromatic N) is 5. The fourth-order valence-corrected chi connectivity index (χ4v) is 5.43. The van der Waals surface area contributed by atoms with Crippen molar-refractivity contribution in [3.8, 4) is 16.8 Å². The van der Waals surface area contributed by atoms with Crippen LogP contribution in [0.4, 0.5) is 0 Å². The Morgan fingerprint density at radius 3 is 2.74 bits per heavy atom. The summed E-state index contributed by atoms with van der Waals surface area (Å²) in [4.78, 5) is 29.4. The lowest BCUT2D eigenvalue weighted by Crippen LogP contribution is -2.45. The molecule has 5 rings (SSSR count).